The van der Waals surface area contributed by atoms with Crippen LogP contribution in [0.25, 0.3) is 11.1 Å². The van der Waals surface area contributed by atoms with Crippen molar-refractivity contribution in [3.05, 3.63) is 82.6 Å². The number of carbonyl (C=O) groups excluding carboxylic acids is 1. The van der Waals surface area contributed by atoms with Crippen LogP contribution in [0, 0.1) is 5.82 Å². The minimum absolute atomic E-state index is 0.0185. The molecule has 0 aliphatic rings. The van der Waals surface area contributed by atoms with Gasteiger partial charge in [-0.2, -0.15) is 17.7 Å². The number of ether oxygens (including phenoxy) is 1. The lowest BCUT2D eigenvalue weighted by atomic mass is 9.99. The first-order chi connectivity index (χ1) is 16.3. The van der Waals surface area contributed by atoms with E-state index in [2.05, 4.69) is 0 Å². The molecular formula is C23H18ClF4NO5S. The maximum atomic E-state index is 13.5. The Morgan fingerprint density at radius 2 is 1.86 bits per heavy atom. The normalized spacial score (nSPS) is 13.5. The molecule has 1 atom stereocenters. The Labute approximate surface area is 204 Å². The number of halogens is 5. The van der Waals surface area contributed by atoms with Gasteiger partial charge in [0.15, 0.2) is 0 Å². The van der Waals surface area contributed by atoms with Crippen molar-refractivity contribution in [1.29, 1.82) is 0 Å². The van der Waals surface area contributed by atoms with Gasteiger partial charge in [0, 0.05) is 24.7 Å². The van der Waals surface area contributed by atoms with Gasteiger partial charge in [-0.1, -0.05) is 34.1 Å². The van der Waals surface area contributed by atoms with E-state index in [1.165, 1.54) is 37.4 Å². The Bertz CT molecular complexity index is 1300. The minimum Gasteiger partial charge on any atom is -0.546 e. The molecule has 1 unspecified atom stereocenters. The molecule has 35 heavy (non-hydrogen) atoms. The predicted molar refractivity (Wildman–Crippen MR) is 119 cm³/mol. The second kappa shape index (κ2) is 10.3. The fourth-order valence-corrected chi connectivity index (χ4v) is 4.64. The summed E-state index contributed by atoms with van der Waals surface area (Å²) in [6.07, 6.45) is -4.61. The molecular weight excluding hydrogens is 514 g/mol. The Morgan fingerprint density at radius 1 is 1.14 bits per heavy atom. The van der Waals surface area contributed by atoms with Crippen molar-refractivity contribution in [2.24, 2.45) is 0 Å². The topological polar surface area (TPSA) is 89.9 Å². The molecule has 6 nitrogen and oxygen atoms in total. The monoisotopic (exact) mass is 531 g/mol. The lowest BCUT2D eigenvalue weighted by Crippen LogP contribution is -2.32. The van der Waals surface area contributed by atoms with Gasteiger partial charge in [0.25, 0.3) is 0 Å². The van der Waals surface area contributed by atoms with Crippen LogP contribution in [-0.4, -0.2) is 28.5 Å². The molecule has 0 saturated heterocycles. The fraction of sp³-hybridized carbons (Fsp3) is 0.174. The summed E-state index contributed by atoms with van der Waals surface area (Å²) in [5.41, 5.74) is -0.295. The van der Waals surface area contributed by atoms with Crippen LogP contribution in [0.4, 0.5) is 17.6 Å². The average Bonchev–Trinajstić information content (AvgIpc) is 2.79. The third kappa shape index (κ3) is 6.37. The highest BCUT2D eigenvalue weighted by molar-refractivity contribution is 7.95. The van der Waals surface area contributed by atoms with Crippen LogP contribution < -0.4 is 9.84 Å². The third-order valence-electron chi connectivity index (χ3n) is 4.92. The van der Waals surface area contributed by atoms with E-state index in [9.17, 15) is 36.2 Å². The molecule has 0 heterocycles. The smallest absolute Gasteiger partial charge is 0.416 e. The van der Waals surface area contributed by atoms with E-state index >= 15 is 0 Å². The van der Waals surface area contributed by atoms with Gasteiger partial charge < -0.3 is 14.6 Å². The summed E-state index contributed by atoms with van der Waals surface area (Å²) in [6.45, 7) is -0.988. The molecule has 0 radical (unpaired) electrons. The van der Waals surface area contributed by atoms with E-state index in [-0.39, 0.29) is 33.3 Å². The molecule has 0 aromatic heterocycles. The number of carboxylic acids is 1. The van der Waals surface area contributed by atoms with Crippen LogP contribution >= 0.6 is 11.6 Å². The number of hydrogen-bond donors (Lipinski definition) is 1. The lowest BCUT2D eigenvalue weighted by molar-refractivity contribution is -0.307. The second-order valence-corrected chi connectivity index (χ2v) is 9.92. The summed E-state index contributed by atoms with van der Waals surface area (Å²) >= 11 is 5.72. The van der Waals surface area contributed by atoms with Crippen molar-refractivity contribution < 1.29 is 41.0 Å². The Balaban J connectivity index is 1.98. The van der Waals surface area contributed by atoms with E-state index < -0.39 is 40.5 Å². The molecule has 0 spiro atoms. The van der Waals surface area contributed by atoms with Gasteiger partial charge >= 0.3 is 16.6 Å². The fourth-order valence-electron chi connectivity index (χ4n) is 3.19. The highest BCUT2D eigenvalue weighted by atomic mass is 35.5. The predicted octanol–water partition coefficient (Wildman–Crippen LogP) is 4.67. The van der Waals surface area contributed by atoms with Crippen molar-refractivity contribution in [2.45, 2.75) is 17.6 Å². The Hall–Kier alpha value is -2.99. The van der Waals surface area contributed by atoms with Crippen molar-refractivity contribution in [3.8, 4) is 16.9 Å². The first-order valence-corrected chi connectivity index (χ1v) is 11.7. The van der Waals surface area contributed by atoms with E-state index in [0.717, 1.165) is 34.6 Å². The molecule has 0 fully saturated rings. The number of rotatable bonds is 8. The van der Waals surface area contributed by atoms with E-state index in [1.807, 2.05) is 0 Å². The molecule has 0 aliphatic carbocycles. The van der Waals surface area contributed by atoms with Gasteiger partial charge in [0.1, 0.15) is 18.2 Å². The highest BCUT2D eigenvalue weighted by Crippen LogP contribution is 2.36. The molecule has 0 aliphatic heterocycles. The van der Waals surface area contributed by atoms with Crippen LogP contribution in [0.5, 0.6) is 5.75 Å². The van der Waals surface area contributed by atoms with E-state index in [4.69, 9.17) is 16.3 Å². The molecule has 0 bridgehead atoms. The summed E-state index contributed by atoms with van der Waals surface area (Å²) in [4.78, 5) is 10.7. The van der Waals surface area contributed by atoms with Crippen LogP contribution in [-0.2, 0) is 32.1 Å². The van der Waals surface area contributed by atoms with Crippen LogP contribution in [0.3, 0.4) is 0 Å². The van der Waals surface area contributed by atoms with E-state index in [0.29, 0.717) is 5.56 Å². The first kappa shape index (κ1) is 26.6. The summed E-state index contributed by atoms with van der Waals surface area (Å²) in [7, 11) is -2.52. The van der Waals surface area contributed by atoms with Crippen LogP contribution in [0.1, 0.15) is 11.1 Å². The SMILES string of the molecule is CN(Cc1ccc(OCC(=O)[O-])c(-c2cccc(C(F)(F)F)c2)c1)[S+](=O)(O)c1ccc(F)c(Cl)c1. The number of carboxylic acid groups (broad SMARTS) is 1. The van der Waals surface area contributed by atoms with Crippen molar-refractivity contribution in [2.75, 3.05) is 13.7 Å². The van der Waals surface area contributed by atoms with Crippen LogP contribution in [0.2, 0.25) is 5.02 Å². The zero-order chi connectivity index (χ0) is 26.0. The van der Waals surface area contributed by atoms with Gasteiger partial charge in [-0.25, -0.2) is 4.39 Å². The van der Waals surface area contributed by atoms with Gasteiger partial charge in [-0.3, -0.25) is 0 Å². The average molecular weight is 532 g/mol. The zero-order valence-corrected chi connectivity index (χ0v) is 19.6. The summed E-state index contributed by atoms with van der Waals surface area (Å²) in [5, 5.41) is 10.5. The maximum absolute atomic E-state index is 13.5. The number of benzene rings is 3. The van der Waals surface area contributed by atoms with Gasteiger partial charge in [0.05, 0.1) is 23.1 Å². The van der Waals surface area contributed by atoms with Gasteiger partial charge in [0.2, 0.25) is 4.90 Å². The van der Waals surface area contributed by atoms with Crippen molar-refractivity contribution in [1.82, 2.24) is 4.31 Å². The molecule has 0 amide bonds. The maximum Gasteiger partial charge on any atom is 0.416 e. The largest absolute Gasteiger partial charge is 0.546 e. The lowest BCUT2D eigenvalue weighted by Gasteiger charge is -2.18. The molecule has 0 saturated carbocycles. The van der Waals surface area contributed by atoms with Gasteiger partial charge in [-0.15, -0.1) is 0 Å². The number of aliphatic carboxylic acids is 1. The quantitative estimate of drug-likeness (QED) is 0.337. The second-order valence-electron chi connectivity index (χ2n) is 7.43. The highest BCUT2D eigenvalue weighted by Gasteiger charge is 2.36. The van der Waals surface area contributed by atoms with Gasteiger partial charge in [-0.05, 0) is 45.7 Å². The van der Waals surface area contributed by atoms with Crippen LogP contribution in [0.15, 0.2) is 65.6 Å². The summed E-state index contributed by atoms with van der Waals surface area (Å²) in [5.74, 6) is -2.30. The molecule has 3 rings (SSSR count). The standard InChI is InChI=1S/C23H18ClF4NO5S/c1-29(35(32,33)17-6-7-20(25)19(24)11-17)12-14-5-8-21(34-13-22(30)31)18(9-14)15-3-2-4-16(10-15)23(26,27)28/h2-11H,12-13H2,1H3,(H-,30,31,32,33). The first-order valence-electron chi connectivity index (χ1n) is 9.85. The molecule has 12 heteroatoms. The molecule has 1 N–H and O–H groups in total. The summed E-state index contributed by atoms with van der Waals surface area (Å²) < 4.78 is 82.9. The molecule has 186 valence electrons. The molecule has 3 aromatic rings. The number of nitrogens with zero attached hydrogens (tertiary/aromatic N) is 1. The van der Waals surface area contributed by atoms with Crippen molar-refractivity contribution in [3.63, 3.8) is 0 Å². The minimum atomic E-state index is -4.61. The molecule has 3 aromatic carbocycles. The zero-order valence-electron chi connectivity index (χ0n) is 18.0. The van der Waals surface area contributed by atoms with Crippen molar-refractivity contribution >= 4 is 28.0 Å². The summed E-state index contributed by atoms with van der Waals surface area (Å²) in [6, 6.07) is 11.7. The third-order valence-corrected chi connectivity index (χ3v) is 7.05. The number of hydrogen-bond acceptors (Lipinski definition) is 4. The Morgan fingerprint density at radius 3 is 2.49 bits per heavy atom. The number of carbonyl (C=O) groups is 1. The Kier molecular flexibility index (Phi) is 7.85. The van der Waals surface area contributed by atoms with E-state index in [1.54, 1.807) is 0 Å². The number of alkyl halides is 3.